The van der Waals surface area contributed by atoms with Crippen LogP contribution in [0.2, 0.25) is 0 Å². The quantitative estimate of drug-likeness (QED) is 0.830. The van der Waals surface area contributed by atoms with Crippen LogP contribution in [-0.2, 0) is 19.6 Å². The first-order chi connectivity index (χ1) is 8.52. The molecule has 3 heteroatoms. The predicted molar refractivity (Wildman–Crippen MR) is 71.3 cm³/mol. The topological polar surface area (TPSA) is 40.5 Å². The maximum atomic E-state index is 11.9. The Morgan fingerprint density at radius 3 is 2.72 bits per heavy atom. The zero-order valence-corrected chi connectivity index (χ0v) is 11.2. The summed E-state index contributed by atoms with van der Waals surface area (Å²) in [5.41, 5.74) is 5.01. The number of carbonyl (C=O) groups is 1. The molecule has 0 radical (unpaired) electrons. The standard InChI is InChI=1S/C15H19NO2/c1-10(2)4-5-11-7-14-12(6-13(11)9-17)8-16(3)15(14)18/h4,6-7,17H,5,8-9H2,1-3H3. The molecule has 18 heavy (non-hydrogen) atoms. The molecule has 0 atom stereocenters. The van der Waals surface area contributed by atoms with Crippen molar-refractivity contribution < 1.29 is 9.90 Å². The van der Waals surface area contributed by atoms with E-state index in [0.717, 1.165) is 28.7 Å². The summed E-state index contributed by atoms with van der Waals surface area (Å²) < 4.78 is 0. The lowest BCUT2D eigenvalue weighted by atomic mass is 9.97. The Labute approximate surface area is 108 Å². The largest absolute Gasteiger partial charge is 0.392 e. The molecule has 0 saturated carbocycles. The first-order valence-corrected chi connectivity index (χ1v) is 6.17. The summed E-state index contributed by atoms with van der Waals surface area (Å²) in [6, 6.07) is 3.90. The van der Waals surface area contributed by atoms with Crippen molar-refractivity contribution in [3.05, 3.63) is 46.0 Å². The van der Waals surface area contributed by atoms with Crippen molar-refractivity contribution in [1.82, 2.24) is 4.90 Å². The van der Waals surface area contributed by atoms with E-state index in [1.165, 1.54) is 5.57 Å². The van der Waals surface area contributed by atoms with Crippen molar-refractivity contribution in [3.8, 4) is 0 Å². The Morgan fingerprint density at radius 2 is 2.11 bits per heavy atom. The minimum Gasteiger partial charge on any atom is -0.392 e. The number of aliphatic hydroxyl groups is 1. The van der Waals surface area contributed by atoms with Gasteiger partial charge in [-0.25, -0.2) is 0 Å². The molecule has 0 saturated heterocycles. The minimum atomic E-state index is 0.0249. The molecule has 1 aromatic carbocycles. The van der Waals surface area contributed by atoms with Crippen molar-refractivity contribution in [2.75, 3.05) is 7.05 Å². The number of hydrogen-bond acceptors (Lipinski definition) is 2. The van der Waals surface area contributed by atoms with Gasteiger partial charge in [0, 0.05) is 19.2 Å². The second-order valence-corrected chi connectivity index (χ2v) is 5.08. The Balaban J connectivity index is 2.42. The molecule has 1 heterocycles. The van der Waals surface area contributed by atoms with E-state index in [4.69, 9.17) is 0 Å². The number of fused-ring (bicyclic) bond motifs is 1. The van der Waals surface area contributed by atoms with E-state index in [2.05, 4.69) is 6.08 Å². The lowest BCUT2D eigenvalue weighted by Gasteiger charge is -2.08. The second kappa shape index (κ2) is 4.94. The summed E-state index contributed by atoms with van der Waals surface area (Å²) in [6.45, 7) is 4.76. The number of rotatable bonds is 3. The van der Waals surface area contributed by atoms with Crippen LogP contribution >= 0.6 is 0 Å². The fourth-order valence-corrected chi connectivity index (χ4v) is 2.25. The average Bonchev–Trinajstić information content (AvgIpc) is 2.61. The summed E-state index contributed by atoms with van der Waals surface area (Å²) in [7, 11) is 1.80. The lowest BCUT2D eigenvalue weighted by Crippen LogP contribution is -2.17. The average molecular weight is 245 g/mol. The van der Waals surface area contributed by atoms with E-state index < -0.39 is 0 Å². The van der Waals surface area contributed by atoms with E-state index in [1.54, 1.807) is 11.9 Å². The van der Waals surface area contributed by atoms with Gasteiger partial charge < -0.3 is 10.0 Å². The SMILES string of the molecule is CC(C)=CCc1cc2c(cc1CO)CN(C)C2=O. The first kappa shape index (κ1) is 12.8. The Morgan fingerprint density at radius 1 is 1.39 bits per heavy atom. The normalized spacial score (nSPS) is 13.8. The summed E-state index contributed by atoms with van der Waals surface area (Å²) in [5.74, 6) is 0.0768. The van der Waals surface area contributed by atoms with Crippen molar-refractivity contribution in [2.24, 2.45) is 0 Å². The molecular weight excluding hydrogens is 226 g/mol. The molecule has 0 fully saturated rings. The van der Waals surface area contributed by atoms with Gasteiger partial charge in [0.15, 0.2) is 0 Å². The molecule has 0 aliphatic carbocycles. The highest BCUT2D eigenvalue weighted by Gasteiger charge is 2.25. The monoisotopic (exact) mass is 245 g/mol. The van der Waals surface area contributed by atoms with Crippen LogP contribution in [0.1, 0.15) is 40.9 Å². The van der Waals surface area contributed by atoms with Gasteiger partial charge in [-0.15, -0.1) is 0 Å². The van der Waals surface area contributed by atoms with Crippen LogP contribution in [0.4, 0.5) is 0 Å². The molecule has 0 unspecified atom stereocenters. The highest BCUT2D eigenvalue weighted by Crippen LogP contribution is 2.26. The Hall–Kier alpha value is -1.61. The number of carbonyl (C=O) groups excluding carboxylic acids is 1. The fraction of sp³-hybridized carbons (Fsp3) is 0.400. The molecule has 0 spiro atoms. The Bertz CT molecular complexity index is 513. The number of allylic oxidation sites excluding steroid dienone is 2. The highest BCUT2D eigenvalue weighted by atomic mass is 16.3. The van der Waals surface area contributed by atoms with Crippen LogP contribution < -0.4 is 0 Å². The van der Waals surface area contributed by atoms with Crippen LogP contribution in [0.25, 0.3) is 0 Å². The van der Waals surface area contributed by atoms with Gasteiger partial charge in [0.25, 0.3) is 5.91 Å². The van der Waals surface area contributed by atoms with Crippen LogP contribution in [0.5, 0.6) is 0 Å². The van der Waals surface area contributed by atoms with Gasteiger partial charge in [-0.05, 0) is 43.0 Å². The molecule has 0 aromatic heterocycles. The third-order valence-electron chi connectivity index (χ3n) is 3.31. The van der Waals surface area contributed by atoms with Crippen LogP contribution in [0.15, 0.2) is 23.8 Å². The molecule has 1 amide bonds. The fourth-order valence-electron chi connectivity index (χ4n) is 2.25. The summed E-state index contributed by atoms with van der Waals surface area (Å²) in [5, 5.41) is 9.43. The molecule has 1 aliphatic heterocycles. The molecule has 1 aliphatic rings. The van der Waals surface area contributed by atoms with E-state index in [0.29, 0.717) is 6.54 Å². The molecular formula is C15H19NO2. The van der Waals surface area contributed by atoms with Gasteiger partial charge >= 0.3 is 0 Å². The molecule has 3 nitrogen and oxygen atoms in total. The second-order valence-electron chi connectivity index (χ2n) is 5.08. The van der Waals surface area contributed by atoms with Crippen LogP contribution in [0.3, 0.4) is 0 Å². The van der Waals surface area contributed by atoms with E-state index in [1.807, 2.05) is 26.0 Å². The molecule has 1 aromatic rings. The maximum Gasteiger partial charge on any atom is 0.254 e. The Kier molecular flexibility index (Phi) is 3.53. The molecule has 1 N–H and O–H groups in total. The number of nitrogens with zero attached hydrogens (tertiary/aromatic N) is 1. The minimum absolute atomic E-state index is 0.0249. The number of aliphatic hydroxyl groups excluding tert-OH is 1. The van der Waals surface area contributed by atoms with Gasteiger partial charge in [0.1, 0.15) is 0 Å². The van der Waals surface area contributed by atoms with Crippen molar-refractivity contribution in [3.63, 3.8) is 0 Å². The van der Waals surface area contributed by atoms with Gasteiger partial charge in [0.05, 0.1) is 6.61 Å². The molecule has 0 bridgehead atoms. The number of amides is 1. The predicted octanol–water partition coefficient (Wildman–Crippen LogP) is 2.27. The number of hydrogen-bond donors (Lipinski definition) is 1. The van der Waals surface area contributed by atoms with E-state index in [9.17, 15) is 9.90 Å². The molecule has 96 valence electrons. The lowest BCUT2D eigenvalue weighted by molar-refractivity contribution is 0.0816. The van der Waals surface area contributed by atoms with Gasteiger partial charge in [-0.1, -0.05) is 17.7 Å². The van der Waals surface area contributed by atoms with Gasteiger partial charge in [-0.3, -0.25) is 4.79 Å². The van der Waals surface area contributed by atoms with Crippen molar-refractivity contribution in [2.45, 2.75) is 33.4 Å². The smallest absolute Gasteiger partial charge is 0.254 e. The van der Waals surface area contributed by atoms with E-state index in [-0.39, 0.29) is 12.5 Å². The van der Waals surface area contributed by atoms with Crippen LogP contribution in [0, 0.1) is 0 Å². The van der Waals surface area contributed by atoms with Crippen molar-refractivity contribution in [1.29, 1.82) is 0 Å². The summed E-state index contributed by atoms with van der Waals surface area (Å²) in [4.78, 5) is 13.6. The third-order valence-corrected chi connectivity index (χ3v) is 3.31. The zero-order chi connectivity index (χ0) is 13.3. The van der Waals surface area contributed by atoms with Crippen LogP contribution in [-0.4, -0.2) is 23.0 Å². The zero-order valence-electron chi connectivity index (χ0n) is 11.2. The molecule has 2 rings (SSSR count). The summed E-state index contributed by atoms with van der Waals surface area (Å²) in [6.07, 6.45) is 2.88. The van der Waals surface area contributed by atoms with E-state index >= 15 is 0 Å². The summed E-state index contributed by atoms with van der Waals surface area (Å²) >= 11 is 0. The highest BCUT2D eigenvalue weighted by molar-refractivity contribution is 5.98. The van der Waals surface area contributed by atoms with Crippen molar-refractivity contribution >= 4 is 5.91 Å². The number of benzene rings is 1. The maximum absolute atomic E-state index is 11.9. The first-order valence-electron chi connectivity index (χ1n) is 6.17. The van der Waals surface area contributed by atoms with Gasteiger partial charge in [-0.2, -0.15) is 0 Å². The third kappa shape index (κ3) is 2.31. The van der Waals surface area contributed by atoms with Gasteiger partial charge in [0.2, 0.25) is 0 Å².